The van der Waals surface area contributed by atoms with Crippen LogP contribution in [0.1, 0.15) is 36.9 Å². The number of nitrogens with two attached hydrogens (primary N) is 1. The van der Waals surface area contributed by atoms with Crippen molar-refractivity contribution in [1.82, 2.24) is 9.13 Å². The Morgan fingerprint density at radius 2 is 1.75 bits per heavy atom. The number of benzene rings is 1. The minimum absolute atomic E-state index is 0.0152. The van der Waals surface area contributed by atoms with Crippen molar-refractivity contribution < 1.29 is 0 Å². The second kappa shape index (κ2) is 4.63. The Morgan fingerprint density at radius 3 is 2.25 bits per heavy atom. The van der Waals surface area contributed by atoms with Crippen LogP contribution in [0.2, 0.25) is 0 Å². The molecule has 4 heteroatoms. The molecule has 106 valence electrons. The second-order valence-electron chi connectivity index (χ2n) is 5.91. The van der Waals surface area contributed by atoms with Crippen LogP contribution in [0.15, 0.2) is 35.3 Å². The molecule has 1 fully saturated rings. The normalized spacial score (nSPS) is 17.6. The summed E-state index contributed by atoms with van der Waals surface area (Å²) in [5.41, 5.74) is 9.29. The van der Waals surface area contributed by atoms with Crippen LogP contribution < -0.4 is 11.4 Å². The van der Waals surface area contributed by atoms with Crippen molar-refractivity contribution in [1.29, 1.82) is 0 Å². The molecular weight excluding hydrogens is 250 g/mol. The Labute approximate surface area is 118 Å². The van der Waals surface area contributed by atoms with Gasteiger partial charge in [-0.15, -0.1) is 0 Å². The van der Waals surface area contributed by atoms with Gasteiger partial charge in [-0.1, -0.05) is 25.0 Å². The van der Waals surface area contributed by atoms with E-state index >= 15 is 0 Å². The van der Waals surface area contributed by atoms with Crippen molar-refractivity contribution in [3.8, 4) is 5.69 Å². The van der Waals surface area contributed by atoms with Crippen LogP contribution in [-0.2, 0) is 12.6 Å². The number of rotatable bonds is 2. The van der Waals surface area contributed by atoms with E-state index < -0.39 is 0 Å². The van der Waals surface area contributed by atoms with Crippen LogP contribution in [0.3, 0.4) is 0 Å². The largest absolute Gasteiger partial charge is 0.332 e. The van der Waals surface area contributed by atoms with E-state index in [1.165, 1.54) is 18.4 Å². The van der Waals surface area contributed by atoms with Crippen LogP contribution in [-0.4, -0.2) is 9.13 Å². The van der Waals surface area contributed by atoms with Gasteiger partial charge in [0.05, 0.1) is 5.69 Å². The van der Waals surface area contributed by atoms with Crippen LogP contribution >= 0.6 is 0 Å². The predicted octanol–water partition coefficient (Wildman–Crippen LogP) is 2.21. The van der Waals surface area contributed by atoms with E-state index in [4.69, 9.17) is 5.73 Å². The van der Waals surface area contributed by atoms with Crippen molar-refractivity contribution in [2.75, 3.05) is 0 Å². The van der Waals surface area contributed by atoms with Gasteiger partial charge in [0.1, 0.15) is 0 Å². The lowest BCUT2D eigenvalue weighted by Crippen LogP contribution is -2.33. The lowest BCUT2D eigenvalue weighted by molar-refractivity contribution is 0.461. The van der Waals surface area contributed by atoms with Gasteiger partial charge in [0.25, 0.3) is 0 Å². The highest BCUT2D eigenvalue weighted by Crippen LogP contribution is 2.36. The number of nitrogens with zero attached hydrogens (tertiary/aromatic N) is 2. The molecule has 4 nitrogen and oxygen atoms in total. The van der Waals surface area contributed by atoms with Gasteiger partial charge in [0.2, 0.25) is 0 Å². The van der Waals surface area contributed by atoms with E-state index in [0.29, 0.717) is 0 Å². The Kier molecular flexibility index (Phi) is 3.05. The maximum atomic E-state index is 12.1. The monoisotopic (exact) mass is 271 g/mol. The van der Waals surface area contributed by atoms with Gasteiger partial charge in [0.15, 0.2) is 0 Å². The van der Waals surface area contributed by atoms with Crippen molar-refractivity contribution in [2.24, 2.45) is 12.8 Å². The molecule has 2 aromatic rings. The SMILES string of the molecule is Cc1cn(C)c(=O)n1-c1ccc(C2(N)CCCC2)cc1. The Bertz CT molecular complexity index is 673. The van der Waals surface area contributed by atoms with E-state index in [1.54, 1.807) is 16.2 Å². The summed E-state index contributed by atoms with van der Waals surface area (Å²) in [6, 6.07) is 8.13. The second-order valence-corrected chi connectivity index (χ2v) is 5.91. The molecule has 0 atom stereocenters. The maximum Gasteiger partial charge on any atom is 0.332 e. The number of aromatic nitrogens is 2. The van der Waals surface area contributed by atoms with E-state index in [-0.39, 0.29) is 11.2 Å². The van der Waals surface area contributed by atoms with E-state index in [0.717, 1.165) is 24.2 Å². The van der Waals surface area contributed by atoms with Crippen molar-refractivity contribution >= 4 is 0 Å². The minimum atomic E-state index is -0.171. The molecule has 1 aliphatic rings. The summed E-state index contributed by atoms with van der Waals surface area (Å²) >= 11 is 0. The van der Waals surface area contributed by atoms with Crippen LogP contribution in [0.4, 0.5) is 0 Å². The molecule has 0 saturated heterocycles. The van der Waals surface area contributed by atoms with Crippen LogP contribution in [0, 0.1) is 6.92 Å². The zero-order valence-corrected chi connectivity index (χ0v) is 12.1. The average Bonchev–Trinajstić information content (AvgIpc) is 2.97. The highest BCUT2D eigenvalue weighted by Gasteiger charge is 2.30. The number of hydrogen-bond donors (Lipinski definition) is 1. The standard InChI is InChI=1S/C16H21N3O/c1-12-11-18(2)15(20)19(12)14-7-5-13(6-8-14)16(17)9-3-4-10-16/h5-8,11H,3-4,9-10,17H2,1-2H3. The van der Waals surface area contributed by atoms with E-state index in [2.05, 4.69) is 12.1 Å². The summed E-state index contributed by atoms with van der Waals surface area (Å²) in [7, 11) is 1.77. The predicted molar refractivity (Wildman–Crippen MR) is 80.1 cm³/mol. The van der Waals surface area contributed by atoms with Crippen molar-refractivity contribution in [2.45, 2.75) is 38.1 Å². The summed E-state index contributed by atoms with van der Waals surface area (Å²) < 4.78 is 3.33. The molecular formula is C16H21N3O. The molecule has 1 heterocycles. The molecule has 0 aliphatic heterocycles. The molecule has 1 aromatic carbocycles. The summed E-state index contributed by atoms with van der Waals surface area (Å²) in [5.74, 6) is 0. The highest BCUT2D eigenvalue weighted by atomic mass is 16.1. The quantitative estimate of drug-likeness (QED) is 0.910. The fourth-order valence-electron chi connectivity index (χ4n) is 3.25. The zero-order chi connectivity index (χ0) is 14.3. The average molecular weight is 271 g/mol. The Balaban J connectivity index is 1.99. The molecule has 0 radical (unpaired) electrons. The van der Waals surface area contributed by atoms with E-state index in [1.807, 2.05) is 25.3 Å². The van der Waals surface area contributed by atoms with Gasteiger partial charge in [-0.25, -0.2) is 4.79 Å². The topological polar surface area (TPSA) is 53.0 Å². The first-order valence-electron chi connectivity index (χ1n) is 7.16. The lowest BCUT2D eigenvalue weighted by atomic mass is 9.89. The first-order valence-corrected chi connectivity index (χ1v) is 7.16. The van der Waals surface area contributed by atoms with Gasteiger partial charge in [-0.3, -0.25) is 4.57 Å². The van der Waals surface area contributed by atoms with Crippen LogP contribution in [0.25, 0.3) is 5.69 Å². The summed E-state index contributed by atoms with van der Waals surface area (Å²) in [6.45, 7) is 1.94. The smallest absolute Gasteiger partial charge is 0.321 e. The van der Waals surface area contributed by atoms with Gasteiger partial charge in [-0.2, -0.15) is 0 Å². The van der Waals surface area contributed by atoms with Crippen molar-refractivity contribution in [3.63, 3.8) is 0 Å². The third kappa shape index (κ3) is 2.00. The number of hydrogen-bond acceptors (Lipinski definition) is 2. The van der Waals surface area contributed by atoms with Gasteiger partial charge in [0, 0.05) is 24.5 Å². The summed E-state index contributed by atoms with van der Waals surface area (Å²) in [4.78, 5) is 12.1. The Hall–Kier alpha value is -1.81. The molecule has 0 spiro atoms. The summed E-state index contributed by atoms with van der Waals surface area (Å²) in [6.07, 6.45) is 6.36. The Morgan fingerprint density at radius 1 is 1.15 bits per heavy atom. The molecule has 3 rings (SSSR count). The fraction of sp³-hybridized carbons (Fsp3) is 0.438. The van der Waals surface area contributed by atoms with Crippen molar-refractivity contribution in [3.05, 3.63) is 52.2 Å². The minimum Gasteiger partial charge on any atom is -0.321 e. The molecule has 0 amide bonds. The summed E-state index contributed by atoms with van der Waals surface area (Å²) in [5, 5.41) is 0. The zero-order valence-electron chi connectivity index (χ0n) is 12.1. The lowest BCUT2D eigenvalue weighted by Gasteiger charge is -2.24. The van der Waals surface area contributed by atoms with Crippen LogP contribution in [0.5, 0.6) is 0 Å². The molecule has 1 saturated carbocycles. The van der Waals surface area contributed by atoms with E-state index in [9.17, 15) is 4.79 Å². The first-order chi connectivity index (χ1) is 9.51. The molecule has 0 bridgehead atoms. The van der Waals surface area contributed by atoms with Gasteiger partial charge < -0.3 is 10.3 Å². The molecule has 1 aromatic heterocycles. The number of imidazole rings is 1. The maximum absolute atomic E-state index is 12.1. The molecule has 20 heavy (non-hydrogen) atoms. The molecule has 2 N–H and O–H groups in total. The third-order valence-electron chi connectivity index (χ3n) is 4.42. The third-order valence-corrected chi connectivity index (χ3v) is 4.42. The molecule has 1 aliphatic carbocycles. The molecule has 0 unspecified atom stereocenters. The first kappa shape index (κ1) is 13.2. The van der Waals surface area contributed by atoms with Gasteiger partial charge >= 0.3 is 5.69 Å². The van der Waals surface area contributed by atoms with Gasteiger partial charge in [-0.05, 0) is 37.5 Å². The number of aryl methyl sites for hydroxylation is 2. The fourth-order valence-corrected chi connectivity index (χ4v) is 3.25. The highest BCUT2D eigenvalue weighted by molar-refractivity contribution is 5.38.